The first-order chi connectivity index (χ1) is 31.2. The van der Waals surface area contributed by atoms with Crippen LogP contribution in [0.4, 0.5) is 0 Å². The summed E-state index contributed by atoms with van der Waals surface area (Å²) in [4.78, 5) is 25.8. The third-order valence-electron chi connectivity index (χ3n) is 12.8. The summed E-state index contributed by atoms with van der Waals surface area (Å²) in [6.07, 6.45) is 6.98. The molecule has 0 aromatic heterocycles. The zero-order chi connectivity index (χ0) is 49.1. The fourth-order valence-electron chi connectivity index (χ4n) is 8.30. The summed E-state index contributed by atoms with van der Waals surface area (Å²) in [6, 6.07) is -1.12. The second-order valence-electron chi connectivity index (χ2n) is 18.1. The van der Waals surface area contributed by atoms with Crippen LogP contribution in [0.2, 0.25) is 0 Å². The zero-order valence-electron chi connectivity index (χ0n) is 39.1. The van der Waals surface area contributed by atoms with E-state index in [1.165, 1.54) is 0 Å². The maximum absolute atomic E-state index is 13.1. The maximum atomic E-state index is 13.1. The number of aliphatic hydroxyl groups is 9. The summed E-state index contributed by atoms with van der Waals surface area (Å²) in [5.41, 5.74) is 6.06. The van der Waals surface area contributed by atoms with Crippen LogP contribution in [-0.4, -0.2) is 156 Å². The number of hydrogen-bond acceptors (Lipinski definition) is 17. The second-order valence-corrected chi connectivity index (χ2v) is 18.1. The largest absolute Gasteiger partial charge is 0.469 e. The lowest BCUT2D eigenvalue weighted by atomic mass is 9.82. The van der Waals surface area contributed by atoms with Crippen molar-refractivity contribution in [2.45, 2.75) is 177 Å². The normalized spacial score (nSPS) is 44.9. The molecule has 2 saturated heterocycles. The molecule has 0 aromatic rings. The highest BCUT2D eigenvalue weighted by molar-refractivity contribution is 5.74. The van der Waals surface area contributed by atoms with Gasteiger partial charge in [-0.15, -0.1) is 0 Å². The molecule has 2 bridgehead atoms. The Labute approximate surface area is 389 Å². The number of rotatable bonds is 3. The smallest absolute Gasteiger partial charge is 0.313 e. The summed E-state index contributed by atoms with van der Waals surface area (Å²) >= 11 is 0. The Bertz CT molecular complexity index is 1680. The Morgan fingerprint density at radius 3 is 1.83 bits per heavy atom. The molecule has 66 heavy (non-hydrogen) atoms. The maximum Gasteiger partial charge on any atom is 0.313 e. The molecule has 0 amide bonds. The first kappa shape index (κ1) is 56.9. The minimum Gasteiger partial charge on any atom is -0.469 e. The van der Waals surface area contributed by atoms with Crippen molar-refractivity contribution < 1.29 is 79.2 Å². The number of aliphatic hydroxyl groups excluding tert-OH is 8. The SMILES string of the molecule is COC(=O)[C@H]1[C@@H]2C[C@@H](O[C@@H]3O[C@H](C)[C@@H](O)[C@H](N)[C@@H]3O)/C=C/C=C/C=C/C=C/C=C/C=C/C=C/[C@H](C)[C@@H](C)[C@@H](C)[C@H](C)OC(=O)C[C@H](O)C[C@H](O)CC[C@@H](O)[C@H](O)C[C@H](O)C[C@](O)(C[C@@H]1O)O2. The van der Waals surface area contributed by atoms with E-state index >= 15 is 0 Å². The van der Waals surface area contributed by atoms with Crippen LogP contribution >= 0.6 is 0 Å². The number of carbonyl (C=O) groups is 2. The van der Waals surface area contributed by atoms with Crippen molar-refractivity contribution in [1.29, 1.82) is 0 Å². The van der Waals surface area contributed by atoms with Gasteiger partial charge in [-0.3, -0.25) is 9.59 Å². The zero-order valence-corrected chi connectivity index (χ0v) is 39.1. The molecule has 2 fully saturated rings. The Kier molecular flexibility index (Phi) is 24.3. The van der Waals surface area contributed by atoms with Crippen LogP contribution in [0.3, 0.4) is 0 Å². The molecule has 17 nitrogen and oxygen atoms in total. The lowest BCUT2D eigenvalue weighted by molar-refractivity contribution is -0.308. The van der Waals surface area contributed by atoms with Gasteiger partial charge in [0.15, 0.2) is 12.1 Å². The number of ether oxygens (including phenoxy) is 5. The molecule has 3 heterocycles. The van der Waals surface area contributed by atoms with Gasteiger partial charge in [0.1, 0.15) is 18.1 Å². The molecule has 11 N–H and O–H groups in total. The van der Waals surface area contributed by atoms with Crippen LogP contribution in [0.25, 0.3) is 0 Å². The summed E-state index contributed by atoms with van der Waals surface area (Å²) in [6.45, 7) is 9.53. The monoisotopic (exact) mass is 936 g/mol. The number of carbonyl (C=O) groups excluding carboxylic acids is 2. The minimum atomic E-state index is -2.26. The van der Waals surface area contributed by atoms with E-state index in [-0.39, 0.29) is 49.9 Å². The van der Waals surface area contributed by atoms with Crippen molar-refractivity contribution >= 4 is 11.9 Å². The van der Waals surface area contributed by atoms with Crippen molar-refractivity contribution in [2.75, 3.05) is 7.11 Å². The van der Waals surface area contributed by atoms with Gasteiger partial charge in [-0.1, -0.05) is 106 Å². The first-order valence-electron chi connectivity index (χ1n) is 23.0. The molecular formula is C49H77NO16. The molecule has 0 aromatic carbocycles. The average molecular weight is 936 g/mol. The van der Waals surface area contributed by atoms with Crippen molar-refractivity contribution in [1.82, 2.24) is 0 Å². The number of allylic oxidation sites excluding steroid dienone is 13. The molecule has 3 aliphatic rings. The topological polar surface area (TPSA) is 288 Å². The van der Waals surface area contributed by atoms with Gasteiger partial charge in [0.2, 0.25) is 0 Å². The highest BCUT2D eigenvalue weighted by Gasteiger charge is 2.51. The van der Waals surface area contributed by atoms with Gasteiger partial charge in [0.25, 0.3) is 0 Å². The van der Waals surface area contributed by atoms with E-state index in [0.29, 0.717) is 0 Å². The number of hydrogen-bond donors (Lipinski definition) is 10. The second kappa shape index (κ2) is 28.2. The van der Waals surface area contributed by atoms with Crippen molar-refractivity contribution in [3.8, 4) is 0 Å². The van der Waals surface area contributed by atoms with Crippen LogP contribution in [0, 0.1) is 23.7 Å². The summed E-state index contributed by atoms with van der Waals surface area (Å²) < 4.78 is 28.6. The van der Waals surface area contributed by atoms with Gasteiger partial charge in [-0.2, -0.15) is 0 Å². The third kappa shape index (κ3) is 18.6. The van der Waals surface area contributed by atoms with Crippen LogP contribution in [-0.2, 0) is 33.3 Å². The Balaban J connectivity index is 1.88. The Morgan fingerprint density at radius 2 is 1.24 bits per heavy atom. The number of esters is 2. The van der Waals surface area contributed by atoms with E-state index in [2.05, 4.69) is 19.9 Å². The first-order valence-corrected chi connectivity index (χ1v) is 23.0. The summed E-state index contributed by atoms with van der Waals surface area (Å²) in [5, 5.41) is 97.9. The van der Waals surface area contributed by atoms with E-state index < -0.39 is 128 Å². The summed E-state index contributed by atoms with van der Waals surface area (Å²) in [7, 11) is 1.12. The fraction of sp³-hybridized carbons (Fsp3) is 0.673. The Hall–Kier alpha value is -3.40. The number of nitrogens with two attached hydrogens (primary N) is 1. The molecule has 17 heteroatoms. The van der Waals surface area contributed by atoms with Gasteiger partial charge in [-0.25, -0.2) is 0 Å². The molecule has 0 radical (unpaired) electrons. The van der Waals surface area contributed by atoms with Gasteiger partial charge in [0.05, 0.1) is 80.6 Å². The molecule has 0 spiro atoms. The van der Waals surface area contributed by atoms with E-state index in [1.807, 2.05) is 55.5 Å². The van der Waals surface area contributed by atoms with Crippen LogP contribution < -0.4 is 5.73 Å². The van der Waals surface area contributed by atoms with Crippen molar-refractivity contribution in [3.63, 3.8) is 0 Å². The van der Waals surface area contributed by atoms with Crippen molar-refractivity contribution in [3.05, 3.63) is 85.1 Å². The highest BCUT2D eigenvalue weighted by atomic mass is 16.7. The molecule has 3 rings (SSSR count). The summed E-state index contributed by atoms with van der Waals surface area (Å²) in [5.74, 6) is -4.75. The van der Waals surface area contributed by atoms with Crippen LogP contribution in [0.1, 0.15) is 86.0 Å². The van der Waals surface area contributed by atoms with Gasteiger partial charge in [-0.05, 0) is 50.9 Å². The fourth-order valence-corrected chi connectivity index (χ4v) is 8.30. The van der Waals surface area contributed by atoms with E-state index in [1.54, 1.807) is 44.2 Å². The van der Waals surface area contributed by atoms with Gasteiger partial charge in [0, 0.05) is 25.7 Å². The van der Waals surface area contributed by atoms with Crippen molar-refractivity contribution in [2.24, 2.45) is 29.4 Å². The standard InChI is InChI=1S/C49H77NO16/c1-29-19-17-15-13-11-9-7-8-10-12-14-16-18-20-37(65-48-46(59)44(50)45(58)33(5)64-48)26-41-43(47(60)62-6)40(56)28-49(61,66-41)27-36(53)24-39(55)38(54)22-21-34(51)23-35(52)25-42(57)63-32(4)31(3)30(29)2/h7-20,29-41,43-46,48,51-56,58-59,61H,21-28,50H2,1-6H3/b8-7+,11-9+,12-10+,15-13+,16-14+,19-17+,20-18+/t29-,30+,31+,32-,33+,34+,35+,36-,37-,38+,39+,40-,41-,43+,44-,45+,46-,48-,49+/m0/s1. The molecule has 0 aliphatic carbocycles. The quantitative estimate of drug-likeness (QED) is 0.181. The molecule has 19 atom stereocenters. The number of methoxy groups -OCH3 is 1. The highest BCUT2D eigenvalue weighted by Crippen LogP contribution is 2.38. The molecule has 0 unspecified atom stereocenters. The van der Waals surface area contributed by atoms with Crippen LogP contribution in [0.15, 0.2) is 85.1 Å². The van der Waals surface area contributed by atoms with Gasteiger partial charge < -0.3 is 75.4 Å². The lowest BCUT2D eigenvalue weighted by Crippen LogP contribution is -2.61. The molecule has 374 valence electrons. The predicted octanol–water partition coefficient (Wildman–Crippen LogP) is 2.08. The number of cyclic esters (lactones) is 1. The molecule has 0 saturated carbocycles. The molecular weight excluding hydrogens is 859 g/mol. The third-order valence-corrected chi connectivity index (χ3v) is 12.8. The van der Waals surface area contributed by atoms with E-state index in [4.69, 9.17) is 29.4 Å². The predicted molar refractivity (Wildman–Crippen MR) is 245 cm³/mol. The molecule has 3 aliphatic heterocycles. The number of fused-ring (bicyclic) bond motifs is 2. The minimum absolute atomic E-state index is 0.00387. The van der Waals surface area contributed by atoms with E-state index in [9.17, 15) is 55.5 Å². The van der Waals surface area contributed by atoms with E-state index in [0.717, 1.165) is 7.11 Å². The Morgan fingerprint density at radius 1 is 0.667 bits per heavy atom. The lowest BCUT2D eigenvalue weighted by Gasteiger charge is -2.45. The van der Waals surface area contributed by atoms with Gasteiger partial charge >= 0.3 is 11.9 Å². The average Bonchev–Trinajstić information content (AvgIpc) is 3.24. The van der Waals surface area contributed by atoms with Crippen LogP contribution in [0.5, 0.6) is 0 Å².